The number of benzene rings is 1. The third kappa shape index (κ3) is 3.27. The van der Waals surface area contributed by atoms with Crippen LogP contribution in [0.2, 0.25) is 5.02 Å². The molecule has 110 valence electrons. The van der Waals surface area contributed by atoms with E-state index in [-0.39, 0.29) is 17.4 Å². The third-order valence-corrected chi connectivity index (χ3v) is 4.59. The number of nitrogens with zero attached hydrogens (tertiary/aromatic N) is 1. The number of hydrogen-bond acceptors (Lipinski definition) is 3. The maximum absolute atomic E-state index is 12.3. The predicted molar refractivity (Wildman–Crippen MR) is 81.5 cm³/mol. The van der Waals surface area contributed by atoms with Gasteiger partial charge in [0.1, 0.15) is 0 Å². The summed E-state index contributed by atoms with van der Waals surface area (Å²) >= 11 is 12.5. The van der Waals surface area contributed by atoms with Crippen LogP contribution in [-0.4, -0.2) is 43.0 Å². The quantitative estimate of drug-likeness (QED) is 0.633. The van der Waals surface area contributed by atoms with Gasteiger partial charge in [-0.3, -0.25) is 4.79 Å². The van der Waals surface area contributed by atoms with Gasteiger partial charge >= 0.3 is 5.97 Å². The van der Waals surface area contributed by atoms with Crippen molar-refractivity contribution in [1.29, 1.82) is 0 Å². The minimum Gasteiger partial charge on any atom is -0.469 e. The van der Waals surface area contributed by atoms with E-state index in [0.717, 1.165) is 24.9 Å². The Morgan fingerprint density at radius 2 is 2.25 bits per heavy atom. The lowest BCUT2D eigenvalue weighted by Crippen LogP contribution is -2.49. The number of likely N-dealkylation sites (N-methyl/N-ethyl adjacent to an activating group) is 1. The van der Waals surface area contributed by atoms with E-state index in [1.54, 1.807) is 6.07 Å². The summed E-state index contributed by atoms with van der Waals surface area (Å²) in [5.41, 5.74) is 0.855. The number of rotatable bonds is 3. The summed E-state index contributed by atoms with van der Waals surface area (Å²) in [4.78, 5) is 14.4. The maximum atomic E-state index is 12.3. The molecular formula is C15H19Cl2NO2. The zero-order chi connectivity index (χ0) is 14.7. The molecule has 0 spiro atoms. The first-order valence-electron chi connectivity index (χ1n) is 6.72. The lowest BCUT2D eigenvalue weighted by molar-refractivity contribution is -0.144. The largest absolute Gasteiger partial charge is 0.469 e. The fourth-order valence-electron chi connectivity index (χ4n) is 2.89. The molecule has 0 aliphatic carbocycles. The summed E-state index contributed by atoms with van der Waals surface area (Å²) < 4.78 is 4.99. The highest BCUT2D eigenvalue weighted by Gasteiger charge is 2.39. The number of hydrogen-bond donors (Lipinski definition) is 0. The van der Waals surface area contributed by atoms with Crippen LogP contribution in [0.3, 0.4) is 0 Å². The summed E-state index contributed by atoms with van der Waals surface area (Å²) in [5.74, 6) is -0.678. The zero-order valence-corrected chi connectivity index (χ0v) is 13.2. The standard InChI is InChI=1S/C15H19Cl2NO2/c1-18-8-4-7-12(17)14(18)13(15(19)20-2)10-5-3-6-11(16)9-10/h3,5-6,9,12-14H,4,7-8H2,1-2H3/t12?,13-,14+/m1/s1. The Kier molecular flexibility index (Phi) is 5.30. The molecule has 3 nitrogen and oxygen atoms in total. The van der Waals surface area contributed by atoms with Crippen molar-refractivity contribution in [1.82, 2.24) is 4.90 Å². The van der Waals surface area contributed by atoms with Gasteiger partial charge < -0.3 is 9.64 Å². The van der Waals surface area contributed by atoms with E-state index in [0.29, 0.717) is 5.02 Å². The summed E-state index contributed by atoms with van der Waals surface area (Å²) in [6, 6.07) is 7.28. The van der Waals surface area contributed by atoms with E-state index in [2.05, 4.69) is 4.90 Å². The van der Waals surface area contributed by atoms with Gasteiger partial charge in [-0.25, -0.2) is 0 Å². The second-order valence-electron chi connectivity index (χ2n) is 5.19. The van der Waals surface area contributed by atoms with Gasteiger partial charge in [-0.1, -0.05) is 23.7 Å². The highest BCUT2D eigenvalue weighted by Crippen LogP contribution is 2.34. The van der Waals surface area contributed by atoms with Crippen molar-refractivity contribution in [2.24, 2.45) is 0 Å². The van der Waals surface area contributed by atoms with Crippen molar-refractivity contribution in [3.8, 4) is 0 Å². The van der Waals surface area contributed by atoms with Crippen LogP contribution in [0.5, 0.6) is 0 Å². The van der Waals surface area contributed by atoms with Gasteiger partial charge in [0, 0.05) is 11.1 Å². The normalized spacial score (nSPS) is 25.2. The first-order chi connectivity index (χ1) is 9.54. The number of carbonyl (C=O) groups excluding carboxylic acids is 1. The van der Waals surface area contributed by atoms with Gasteiger partial charge in [-0.2, -0.15) is 0 Å². The van der Waals surface area contributed by atoms with Gasteiger partial charge in [0.2, 0.25) is 0 Å². The number of carbonyl (C=O) groups is 1. The summed E-state index contributed by atoms with van der Waals surface area (Å²) in [7, 11) is 3.41. The van der Waals surface area contributed by atoms with Crippen molar-refractivity contribution >= 4 is 29.2 Å². The molecule has 1 aliphatic heterocycles. The molecule has 1 saturated heterocycles. The van der Waals surface area contributed by atoms with Crippen molar-refractivity contribution in [2.45, 2.75) is 30.2 Å². The summed E-state index contributed by atoms with van der Waals surface area (Å²) in [6.45, 7) is 0.932. The van der Waals surface area contributed by atoms with Gasteiger partial charge in [0.25, 0.3) is 0 Å². The molecular weight excluding hydrogens is 297 g/mol. The van der Waals surface area contributed by atoms with Crippen molar-refractivity contribution in [3.63, 3.8) is 0 Å². The first kappa shape index (κ1) is 15.6. The molecule has 2 rings (SSSR count). The maximum Gasteiger partial charge on any atom is 0.314 e. The van der Waals surface area contributed by atoms with E-state index in [1.807, 2.05) is 25.2 Å². The Hall–Kier alpha value is -0.770. The molecule has 1 heterocycles. The summed E-state index contributed by atoms with van der Waals surface area (Å²) in [5, 5.41) is 0.540. The van der Waals surface area contributed by atoms with E-state index < -0.39 is 5.92 Å². The Labute approximate surface area is 129 Å². The van der Waals surface area contributed by atoms with Crippen molar-refractivity contribution < 1.29 is 9.53 Å². The Balaban J connectivity index is 2.39. The molecule has 0 saturated carbocycles. The third-order valence-electron chi connectivity index (χ3n) is 3.87. The minimum atomic E-state index is -0.411. The van der Waals surface area contributed by atoms with Gasteiger partial charge in [-0.05, 0) is 44.1 Å². The molecule has 0 amide bonds. The second-order valence-corrected chi connectivity index (χ2v) is 6.18. The van der Waals surface area contributed by atoms with E-state index in [1.165, 1.54) is 7.11 Å². The lowest BCUT2D eigenvalue weighted by Gasteiger charge is -2.40. The van der Waals surface area contributed by atoms with Crippen LogP contribution in [0.4, 0.5) is 0 Å². The molecule has 0 radical (unpaired) electrons. The number of likely N-dealkylation sites (tertiary alicyclic amines) is 1. The molecule has 1 aliphatic rings. The average Bonchev–Trinajstić information content (AvgIpc) is 2.42. The second kappa shape index (κ2) is 6.79. The Morgan fingerprint density at radius 3 is 2.85 bits per heavy atom. The molecule has 1 fully saturated rings. The van der Waals surface area contributed by atoms with E-state index >= 15 is 0 Å². The average molecular weight is 316 g/mol. The number of piperidine rings is 1. The molecule has 0 N–H and O–H groups in total. The Bertz CT molecular complexity index is 471. The van der Waals surface area contributed by atoms with Gasteiger partial charge in [-0.15, -0.1) is 11.6 Å². The van der Waals surface area contributed by atoms with Crippen LogP contribution in [0.1, 0.15) is 24.3 Å². The molecule has 1 aromatic carbocycles. The van der Waals surface area contributed by atoms with Crippen LogP contribution in [-0.2, 0) is 9.53 Å². The smallest absolute Gasteiger partial charge is 0.314 e. The van der Waals surface area contributed by atoms with Crippen LogP contribution in [0, 0.1) is 0 Å². The molecule has 3 atom stereocenters. The first-order valence-corrected chi connectivity index (χ1v) is 7.53. The van der Waals surface area contributed by atoms with Crippen LogP contribution in [0.15, 0.2) is 24.3 Å². The number of ether oxygens (including phenoxy) is 1. The predicted octanol–water partition coefficient (Wildman–Crippen LogP) is 3.30. The van der Waals surface area contributed by atoms with Gasteiger partial charge in [0.15, 0.2) is 0 Å². The van der Waals surface area contributed by atoms with E-state index in [4.69, 9.17) is 27.9 Å². The monoisotopic (exact) mass is 315 g/mol. The SMILES string of the molecule is COC(=O)[C@H](c1cccc(Cl)c1)[C@@H]1C(Cl)CCCN1C. The number of halogens is 2. The molecule has 1 unspecified atom stereocenters. The summed E-state index contributed by atoms with van der Waals surface area (Å²) in [6.07, 6.45) is 1.95. The topological polar surface area (TPSA) is 29.5 Å². The molecule has 0 bridgehead atoms. The number of methoxy groups -OCH3 is 1. The van der Waals surface area contributed by atoms with E-state index in [9.17, 15) is 4.79 Å². The van der Waals surface area contributed by atoms with Crippen LogP contribution < -0.4 is 0 Å². The molecule has 0 aromatic heterocycles. The minimum absolute atomic E-state index is 0.0724. The molecule has 20 heavy (non-hydrogen) atoms. The highest BCUT2D eigenvalue weighted by molar-refractivity contribution is 6.30. The lowest BCUT2D eigenvalue weighted by atomic mass is 9.85. The van der Waals surface area contributed by atoms with Crippen LogP contribution in [0.25, 0.3) is 0 Å². The number of esters is 1. The fourth-order valence-corrected chi connectivity index (χ4v) is 3.59. The Morgan fingerprint density at radius 1 is 1.50 bits per heavy atom. The van der Waals surface area contributed by atoms with Gasteiger partial charge in [0.05, 0.1) is 18.4 Å². The molecule has 1 aromatic rings. The molecule has 5 heteroatoms. The highest BCUT2D eigenvalue weighted by atomic mass is 35.5. The number of alkyl halides is 1. The van der Waals surface area contributed by atoms with Crippen LogP contribution >= 0.6 is 23.2 Å². The fraction of sp³-hybridized carbons (Fsp3) is 0.533. The zero-order valence-electron chi connectivity index (χ0n) is 11.7. The van der Waals surface area contributed by atoms with Crippen molar-refractivity contribution in [2.75, 3.05) is 20.7 Å². The van der Waals surface area contributed by atoms with Crippen molar-refractivity contribution in [3.05, 3.63) is 34.9 Å².